The highest BCUT2D eigenvalue weighted by Gasteiger charge is 2.28. The van der Waals surface area contributed by atoms with Crippen molar-refractivity contribution in [1.29, 1.82) is 0 Å². The first-order valence-corrected chi connectivity index (χ1v) is 4.65. The number of ether oxygens (including phenoxy) is 2. The number of rotatable bonds is 0. The van der Waals surface area contributed by atoms with Gasteiger partial charge >= 0.3 is 0 Å². The molecule has 0 aromatic heterocycles. The van der Waals surface area contributed by atoms with Crippen LogP contribution in [0.1, 0.15) is 12.5 Å². The second kappa shape index (κ2) is 3.83. The van der Waals surface area contributed by atoms with Crippen LogP contribution >= 0.6 is 0 Å². The van der Waals surface area contributed by atoms with E-state index in [0.717, 1.165) is 5.56 Å². The molecule has 0 saturated carbocycles. The zero-order valence-electron chi connectivity index (χ0n) is 8.12. The maximum atomic E-state index is 5.37. The summed E-state index contributed by atoms with van der Waals surface area (Å²) in [7, 11) is 0. The number of hydrogen-bond donors (Lipinski definition) is 0. The third kappa shape index (κ3) is 2.14. The van der Waals surface area contributed by atoms with Crippen LogP contribution in [0.15, 0.2) is 30.3 Å². The van der Waals surface area contributed by atoms with E-state index in [2.05, 4.69) is 11.8 Å². The molecule has 2 heteroatoms. The number of benzene rings is 1. The van der Waals surface area contributed by atoms with E-state index in [-0.39, 0.29) is 0 Å². The molecule has 1 aromatic carbocycles. The fourth-order valence-electron chi connectivity index (χ4n) is 1.29. The van der Waals surface area contributed by atoms with Crippen LogP contribution in [0.5, 0.6) is 0 Å². The minimum absolute atomic E-state index is 0.625. The predicted octanol–water partition coefficient (Wildman–Crippen LogP) is 1.80. The summed E-state index contributed by atoms with van der Waals surface area (Å²) < 4.78 is 10.7. The molecular formula is C12H12O2. The van der Waals surface area contributed by atoms with Crippen LogP contribution in [0.3, 0.4) is 0 Å². The lowest BCUT2D eigenvalue weighted by Gasteiger charge is -2.13. The van der Waals surface area contributed by atoms with Crippen molar-refractivity contribution in [3.63, 3.8) is 0 Å². The van der Waals surface area contributed by atoms with Crippen molar-refractivity contribution in [3.05, 3.63) is 35.9 Å². The van der Waals surface area contributed by atoms with E-state index >= 15 is 0 Å². The first-order chi connectivity index (χ1) is 6.79. The van der Waals surface area contributed by atoms with E-state index in [0.29, 0.717) is 13.2 Å². The average Bonchev–Trinajstić information content (AvgIpc) is 2.65. The average molecular weight is 188 g/mol. The van der Waals surface area contributed by atoms with E-state index in [1.165, 1.54) is 0 Å². The first kappa shape index (κ1) is 9.26. The minimum Gasteiger partial charge on any atom is -0.337 e. The molecule has 14 heavy (non-hydrogen) atoms. The highest BCUT2D eigenvalue weighted by molar-refractivity contribution is 5.35. The first-order valence-electron chi connectivity index (χ1n) is 4.65. The van der Waals surface area contributed by atoms with Gasteiger partial charge in [0.1, 0.15) is 0 Å². The molecular weight excluding hydrogens is 176 g/mol. The monoisotopic (exact) mass is 188 g/mol. The topological polar surface area (TPSA) is 18.5 Å². The van der Waals surface area contributed by atoms with Crippen molar-refractivity contribution in [3.8, 4) is 11.8 Å². The van der Waals surface area contributed by atoms with Gasteiger partial charge < -0.3 is 9.47 Å². The Labute approximate surface area is 83.8 Å². The van der Waals surface area contributed by atoms with E-state index in [1.54, 1.807) is 0 Å². The Morgan fingerprint density at radius 2 is 1.79 bits per heavy atom. The van der Waals surface area contributed by atoms with Gasteiger partial charge in [0.25, 0.3) is 0 Å². The molecule has 0 bridgehead atoms. The fourth-order valence-corrected chi connectivity index (χ4v) is 1.29. The van der Waals surface area contributed by atoms with Crippen LogP contribution in [-0.4, -0.2) is 19.0 Å². The molecule has 1 heterocycles. The second-order valence-electron chi connectivity index (χ2n) is 3.26. The fraction of sp³-hybridized carbons (Fsp3) is 0.333. The minimum atomic E-state index is -0.712. The molecule has 1 fully saturated rings. The van der Waals surface area contributed by atoms with Crippen LogP contribution in [0.2, 0.25) is 0 Å². The third-order valence-corrected chi connectivity index (χ3v) is 2.05. The van der Waals surface area contributed by atoms with E-state index in [4.69, 9.17) is 9.47 Å². The molecule has 0 N–H and O–H groups in total. The van der Waals surface area contributed by atoms with Gasteiger partial charge in [-0.05, 0) is 18.1 Å². The summed E-state index contributed by atoms with van der Waals surface area (Å²) in [6, 6.07) is 9.82. The predicted molar refractivity (Wildman–Crippen MR) is 53.6 cm³/mol. The van der Waals surface area contributed by atoms with Crippen LogP contribution in [0, 0.1) is 11.8 Å². The van der Waals surface area contributed by atoms with Gasteiger partial charge in [0, 0.05) is 12.5 Å². The highest BCUT2D eigenvalue weighted by atomic mass is 16.7. The summed E-state index contributed by atoms with van der Waals surface area (Å²) >= 11 is 0. The van der Waals surface area contributed by atoms with Crippen molar-refractivity contribution in [2.45, 2.75) is 12.7 Å². The van der Waals surface area contributed by atoms with Crippen LogP contribution in [-0.2, 0) is 9.47 Å². The largest absolute Gasteiger partial charge is 0.337 e. The summed E-state index contributed by atoms with van der Waals surface area (Å²) in [5.74, 6) is 5.29. The van der Waals surface area contributed by atoms with E-state index < -0.39 is 5.79 Å². The van der Waals surface area contributed by atoms with Crippen LogP contribution < -0.4 is 0 Å². The lowest BCUT2D eigenvalue weighted by atomic mass is 10.2. The molecule has 1 aliphatic heterocycles. The Morgan fingerprint density at radius 3 is 2.43 bits per heavy atom. The van der Waals surface area contributed by atoms with Gasteiger partial charge in [0.2, 0.25) is 5.79 Å². The molecule has 0 unspecified atom stereocenters. The second-order valence-corrected chi connectivity index (χ2v) is 3.26. The third-order valence-electron chi connectivity index (χ3n) is 2.05. The van der Waals surface area contributed by atoms with Gasteiger partial charge in [-0.25, -0.2) is 0 Å². The van der Waals surface area contributed by atoms with Gasteiger partial charge in [0.15, 0.2) is 0 Å². The van der Waals surface area contributed by atoms with Crippen molar-refractivity contribution in [2.24, 2.45) is 0 Å². The summed E-state index contributed by atoms with van der Waals surface area (Å²) in [4.78, 5) is 0. The van der Waals surface area contributed by atoms with Gasteiger partial charge in [-0.15, -0.1) is 0 Å². The molecule has 1 saturated heterocycles. The molecule has 0 atom stereocenters. The van der Waals surface area contributed by atoms with Gasteiger partial charge in [-0.1, -0.05) is 24.1 Å². The van der Waals surface area contributed by atoms with Gasteiger partial charge in [-0.2, -0.15) is 0 Å². The summed E-state index contributed by atoms with van der Waals surface area (Å²) in [6.07, 6.45) is 0. The molecule has 0 amide bonds. The SMILES string of the molecule is CC1(C#Cc2ccccc2)OCCO1. The lowest BCUT2D eigenvalue weighted by molar-refractivity contribution is -0.0910. The number of hydrogen-bond acceptors (Lipinski definition) is 2. The Bertz CT molecular complexity index is 353. The Morgan fingerprint density at radius 1 is 1.14 bits per heavy atom. The molecule has 1 aliphatic rings. The maximum Gasteiger partial charge on any atom is 0.231 e. The Hall–Kier alpha value is -1.30. The zero-order valence-corrected chi connectivity index (χ0v) is 8.12. The zero-order chi connectivity index (χ0) is 9.86. The highest BCUT2D eigenvalue weighted by Crippen LogP contribution is 2.16. The van der Waals surface area contributed by atoms with E-state index in [9.17, 15) is 0 Å². The standard InChI is InChI=1S/C12H12O2/c1-12(13-9-10-14-12)8-7-11-5-3-2-4-6-11/h2-6H,9-10H2,1H3. The summed E-state index contributed by atoms with van der Waals surface area (Å²) in [5, 5.41) is 0. The molecule has 1 aromatic rings. The van der Waals surface area contributed by atoms with E-state index in [1.807, 2.05) is 37.3 Å². The van der Waals surface area contributed by atoms with Crippen molar-refractivity contribution >= 4 is 0 Å². The molecule has 0 spiro atoms. The van der Waals surface area contributed by atoms with Crippen molar-refractivity contribution in [2.75, 3.05) is 13.2 Å². The Balaban J connectivity index is 2.14. The van der Waals surface area contributed by atoms with Gasteiger partial charge in [0.05, 0.1) is 13.2 Å². The van der Waals surface area contributed by atoms with Crippen LogP contribution in [0.4, 0.5) is 0 Å². The quantitative estimate of drug-likeness (QED) is 0.578. The smallest absolute Gasteiger partial charge is 0.231 e. The van der Waals surface area contributed by atoms with Crippen molar-refractivity contribution in [1.82, 2.24) is 0 Å². The molecule has 0 radical (unpaired) electrons. The van der Waals surface area contributed by atoms with Crippen LogP contribution in [0.25, 0.3) is 0 Å². The summed E-state index contributed by atoms with van der Waals surface area (Å²) in [6.45, 7) is 3.09. The van der Waals surface area contributed by atoms with Gasteiger partial charge in [-0.3, -0.25) is 0 Å². The lowest BCUT2D eigenvalue weighted by Crippen LogP contribution is -2.22. The Kier molecular flexibility index (Phi) is 2.53. The maximum absolute atomic E-state index is 5.37. The van der Waals surface area contributed by atoms with Crippen molar-refractivity contribution < 1.29 is 9.47 Å². The summed E-state index contributed by atoms with van der Waals surface area (Å²) in [5.41, 5.74) is 0.979. The molecule has 72 valence electrons. The molecule has 0 aliphatic carbocycles. The molecule has 2 rings (SSSR count). The normalized spacial score (nSPS) is 18.6. The molecule has 2 nitrogen and oxygen atoms in total.